The summed E-state index contributed by atoms with van der Waals surface area (Å²) in [5, 5.41) is 10.7. The van der Waals surface area contributed by atoms with Gasteiger partial charge in [0.25, 0.3) is 0 Å². The molecule has 7 heteroatoms. The monoisotopic (exact) mass is 267 g/mol. The van der Waals surface area contributed by atoms with Crippen molar-refractivity contribution in [1.29, 1.82) is 0 Å². The zero-order valence-electron chi connectivity index (χ0n) is 11.7. The highest BCUT2D eigenvalue weighted by Gasteiger charge is 2.27. The number of aromatic nitrogens is 3. The van der Waals surface area contributed by atoms with Crippen LogP contribution in [0.15, 0.2) is 6.33 Å². The molecule has 0 aromatic carbocycles. The van der Waals surface area contributed by atoms with Crippen molar-refractivity contribution in [2.24, 2.45) is 0 Å². The van der Waals surface area contributed by atoms with Crippen molar-refractivity contribution in [3.8, 4) is 0 Å². The van der Waals surface area contributed by atoms with E-state index in [4.69, 9.17) is 4.74 Å². The van der Waals surface area contributed by atoms with Gasteiger partial charge in [0, 0.05) is 13.1 Å². The van der Waals surface area contributed by atoms with Gasteiger partial charge in [0.05, 0.1) is 25.3 Å². The maximum absolute atomic E-state index is 12.2. The van der Waals surface area contributed by atoms with Crippen molar-refractivity contribution >= 4 is 6.03 Å². The van der Waals surface area contributed by atoms with Crippen LogP contribution in [0.2, 0.25) is 0 Å². The van der Waals surface area contributed by atoms with Crippen LogP contribution in [0.3, 0.4) is 0 Å². The number of amides is 2. The Kier molecular flexibility index (Phi) is 4.36. The zero-order valence-corrected chi connectivity index (χ0v) is 11.7. The highest BCUT2D eigenvalue weighted by molar-refractivity contribution is 5.74. The molecule has 2 rings (SSSR count). The average Bonchev–Trinajstić information content (AvgIpc) is 2.86. The maximum Gasteiger partial charge on any atom is 0.318 e. The van der Waals surface area contributed by atoms with E-state index >= 15 is 0 Å². The van der Waals surface area contributed by atoms with Crippen LogP contribution in [-0.4, -0.2) is 51.0 Å². The smallest absolute Gasteiger partial charge is 0.318 e. The number of carbonyl (C=O) groups is 1. The van der Waals surface area contributed by atoms with E-state index in [2.05, 4.69) is 15.5 Å². The summed E-state index contributed by atoms with van der Waals surface area (Å²) in [7, 11) is 0. The van der Waals surface area contributed by atoms with Gasteiger partial charge < -0.3 is 19.5 Å². The number of urea groups is 1. The molecule has 0 unspecified atom stereocenters. The minimum atomic E-state index is -0.0756. The fraction of sp³-hybridized carbons (Fsp3) is 0.750. The molecule has 1 fully saturated rings. The van der Waals surface area contributed by atoms with Crippen molar-refractivity contribution in [2.75, 3.05) is 13.2 Å². The Balaban J connectivity index is 1.90. The van der Waals surface area contributed by atoms with Crippen LogP contribution in [0, 0.1) is 0 Å². The first kappa shape index (κ1) is 13.8. The van der Waals surface area contributed by atoms with E-state index < -0.39 is 0 Å². The van der Waals surface area contributed by atoms with Gasteiger partial charge in [-0.05, 0) is 20.8 Å². The van der Waals surface area contributed by atoms with Crippen LogP contribution >= 0.6 is 0 Å². The summed E-state index contributed by atoms with van der Waals surface area (Å²) in [6.45, 7) is 8.36. The molecule has 2 amide bonds. The van der Waals surface area contributed by atoms with E-state index in [1.807, 2.05) is 25.3 Å². The number of nitrogens with zero attached hydrogens (tertiary/aromatic N) is 4. The summed E-state index contributed by atoms with van der Waals surface area (Å²) >= 11 is 0. The molecule has 0 spiro atoms. The molecule has 1 N–H and O–H groups in total. The van der Waals surface area contributed by atoms with Crippen molar-refractivity contribution in [2.45, 2.75) is 46.0 Å². The Morgan fingerprint density at radius 1 is 1.58 bits per heavy atom. The number of rotatable bonds is 3. The first-order chi connectivity index (χ1) is 9.11. The van der Waals surface area contributed by atoms with Gasteiger partial charge in [-0.15, -0.1) is 10.2 Å². The van der Waals surface area contributed by atoms with Crippen LogP contribution in [0.1, 0.15) is 26.6 Å². The predicted octanol–water partition coefficient (Wildman–Crippen LogP) is 0.617. The van der Waals surface area contributed by atoms with Gasteiger partial charge in [0.2, 0.25) is 0 Å². The molecule has 1 aliphatic heterocycles. The average molecular weight is 267 g/mol. The van der Waals surface area contributed by atoms with Crippen molar-refractivity contribution in [3.05, 3.63) is 12.2 Å². The number of hydrogen-bond acceptors (Lipinski definition) is 4. The quantitative estimate of drug-likeness (QED) is 0.871. The molecular formula is C12H21N5O2. The van der Waals surface area contributed by atoms with Crippen LogP contribution in [0.4, 0.5) is 4.79 Å². The summed E-state index contributed by atoms with van der Waals surface area (Å²) in [6, 6.07) is 0.0218. The second kappa shape index (κ2) is 6.01. The molecule has 0 aliphatic carbocycles. The summed E-state index contributed by atoms with van der Waals surface area (Å²) in [6.07, 6.45) is 1.75. The summed E-state index contributed by atoms with van der Waals surface area (Å²) in [5.41, 5.74) is 0. The van der Waals surface area contributed by atoms with E-state index in [0.717, 1.165) is 12.4 Å². The number of aryl methyl sites for hydroxylation is 1. The largest absolute Gasteiger partial charge is 0.375 e. The number of nitrogens with one attached hydrogen (secondary N) is 1. The Morgan fingerprint density at radius 3 is 3.11 bits per heavy atom. The molecule has 106 valence electrons. The molecule has 1 aliphatic rings. The molecule has 2 atom stereocenters. The van der Waals surface area contributed by atoms with Gasteiger partial charge in [0.1, 0.15) is 6.33 Å². The van der Waals surface area contributed by atoms with Gasteiger partial charge in [-0.25, -0.2) is 4.79 Å². The van der Waals surface area contributed by atoms with Crippen molar-refractivity contribution in [3.63, 3.8) is 0 Å². The predicted molar refractivity (Wildman–Crippen MR) is 69.5 cm³/mol. The Morgan fingerprint density at radius 2 is 2.37 bits per heavy atom. The molecule has 19 heavy (non-hydrogen) atoms. The zero-order chi connectivity index (χ0) is 13.8. The van der Waals surface area contributed by atoms with Gasteiger partial charge in [-0.3, -0.25) is 0 Å². The molecular weight excluding hydrogens is 246 g/mol. The number of carbonyl (C=O) groups excluding carboxylic acids is 1. The molecule has 0 saturated carbocycles. The van der Waals surface area contributed by atoms with Gasteiger partial charge in [0.15, 0.2) is 5.82 Å². The second-order valence-electron chi connectivity index (χ2n) is 4.84. The highest BCUT2D eigenvalue weighted by atomic mass is 16.5. The first-order valence-corrected chi connectivity index (χ1v) is 6.64. The number of hydrogen-bond donors (Lipinski definition) is 1. The summed E-state index contributed by atoms with van der Waals surface area (Å²) in [5.74, 6) is 0.768. The van der Waals surface area contributed by atoms with E-state index in [9.17, 15) is 4.79 Å². The van der Waals surface area contributed by atoms with Crippen molar-refractivity contribution < 1.29 is 9.53 Å². The van der Waals surface area contributed by atoms with Crippen LogP contribution < -0.4 is 5.32 Å². The molecule has 0 radical (unpaired) electrons. The summed E-state index contributed by atoms with van der Waals surface area (Å²) in [4.78, 5) is 14.0. The summed E-state index contributed by atoms with van der Waals surface area (Å²) < 4.78 is 7.42. The topological polar surface area (TPSA) is 72.3 Å². The number of morpholine rings is 1. The lowest BCUT2D eigenvalue weighted by Gasteiger charge is -2.36. The first-order valence-electron chi connectivity index (χ1n) is 6.64. The third-order valence-electron chi connectivity index (χ3n) is 3.30. The van der Waals surface area contributed by atoms with Gasteiger partial charge >= 0.3 is 6.03 Å². The Labute approximate surface area is 112 Å². The van der Waals surface area contributed by atoms with Crippen LogP contribution in [-0.2, 0) is 17.8 Å². The molecule has 1 saturated heterocycles. The lowest BCUT2D eigenvalue weighted by Crippen LogP contribution is -2.53. The standard InChI is InChI=1S/C12H21N5O2/c1-4-16-8-14-15-11(16)5-13-12(18)17-6-10(3)19-7-9(17)2/h8-10H,4-7H2,1-3H3,(H,13,18)/t9-,10+/m1/s1. The molecule has 2 heterocycles. The van der Waals surface area contributed by atoms with Gasteiger partial charge in [-0.2, -0.15) is 0 Å². The lowest BCUT2D eigenvalue weighted by atomic mass is 10.2. The van der Waals surface area contributed by atoms with Gasteiger partial charge in [-0.1, -0.05) is 0 Å². The molecule has 7 nitrogen and oxygen atoms in total. The molecule has 0 bridgehead atoms. The van der Waals surface area contributed by atoms with Crippen molar-refractivity contribution in [1.82, 2.24) is 25.0 Å². The normalized spacial score (nSPS) is 23.4. The fourth-order valence-electron chi connectivity index (χ4n) is 2.12. The third-order valence-corrected chi connectivity index (χ3v) is 3.30. The maximum atomic E-state index is 12.2. The Hall–Kier alpha value is -1.63. The van der Waals surface area contributed by atoms with E-state index in [-0.39, 0.29) is 18.2 Å². The minimum absolute atomic E-state index is 0.0756. The fourth-order valence-corrected chi connectivity index (χ4v) is 2.12. The number of ether oxygens (including phenoxy) is 1. The third kappa shape index (κ3) is 3.23. The van der Waals surface area contributed by atoms with Crippen LogP contribution in [0.5, 0.6) is 0 Å². The highest BCUT2D eigenvalue weighted by Crippen LogP contribution is 2.11. The molecule has 1 aromatic heterocycles. The molecule has 1 aromatic rings. The SMILES string of the molecule is CCn1cnnc1CNC(=O)N1C[C@H](C)OC[C@H]1C. The van der Waals surface area contributed by atoms with E-state index in [0.29, 0.717) is 19.7 Å². The Bertz CT molecular complexity index is 434. The van der Waals surface area contributed by atoms with Crippen LogP contribution in [0.25, 0.3) is 0 Å². The lowest BCUT2D eigenvalue weighted by molar-refractivity contribution is -0.0318. The minimum Gasteiger partial charge on any atom is -0.375 e. The second-order valence-corrected chi connectivity index (χ2v) is 4.84. The van der Waals surface area contributed by atoms with E-state index in [1.165, 1.54) is 0 Å². The van der Waals surface area contributed by atoms with E-state index in [1.54, 1.807) is 11.2 Å².